The molecule has 0 aromatic heterocycles. The topological polar surface area (TPSA) is 98.2 Å². The van der Waals surface area contributed by atoms with Gasteiger partial charge in [0.2, 0.25) is 11.8 Å². The molecule has 0 aromatic rings. The number of aliphatic carboxylic acids is 1. The van der Waals surface area contributed by atoms with E-state index in [0.29, 0.717) is 18.6 Å². The Labute approximate surface area is 126 Å². The van der Waals surface area contributed by atoms with E-state index in [4.69, 9.17) is 0 Å². The number of carboxylic acids is 1. The molecule has 21 heavy (non-hydrogen) atoms. The second kappa shape index (κ2) is 4.88. The maximum atomic E-state index is 12.7. The Balaban J connectivity index is 1.82. The number of rotatable bonds is 2. The summed E-state index contributed by atoms with van der Waals surface area (Å²) < 4.78 is 0. The Morgan fingerprint density at radius 2 is 2.10 bits per heavy atom. The minimum Gasteiger partial charge on any atom is -0.480 e. The van der Waals surface area contributed by atoms with Crippen LogP contribution in [0.4, 0.5) is 0 Å². The Morgan fingerprint density at radius 3 is 2.76 bits per heavy atom. The zero-order valence-corrected chi connectivity index (χ0v) is 12.5. The highest BCUT2D eigenvalue weighted by atomic mass is 32.2. The molecule has 3 aliphatic heterocycles. The zero-order chi connectivity index (χ0) is 15.4. The number of carbonyl (C=O) groups excluding carboxylic acids is 2. The summed E-state index contributed by atoms with van der Waals surface area (Å²) in [4.78, 5) is 38.5. The van der Waals surface area contributed by atoms with Crippen molar-refractivity contribution >= 4 is 29.5 Å². The Bertz CT molecular complexity index is 513. The van der Waals surface area contributed by atoms with Gasteiger partial charge in [-0.3, -0.25) is 9.59 Å². The number of hydrogen-bond donors (Lipinski definition) is 2. The molecule has 0 bridgehead atoms. The van der Waals surface area contributed by atoms with E-state index in [9.17, 15) is 24.6 Å². The van der Waals surface area contributed by atoms with Crippen molar-refractivity contribution in [2.75, 3.05) is 12.3 Å². The van der Waals surface area contributed by atoms with Crippen molar-refractivity contribution in [1.29, 1.82) is 0 Å². The smallest absolute Gasteiger partial charge is 0.326 e. The quantitative estimate of drug-likeness (QED) is 0.712. The molecule has 2 amide bonds. The lowest BCUT2D eigenvalue weighted by atomic mass is 10.1. The van der Waals surface area contributed by atoms with Gasteiger partial charge in [0.25, 0.3) is 0 Å². The van der Waals surface area contributed by atoms with E-state index in [1.54, 1.807) is 16.7 Å². The molecule has 3 saturated heterocycles. The first-order chi connectivity index (χ1) is 9.83. The van der Waals surface area contributed by atoms with Crippen LogP contribution in [-0.2, 0) is 14.4 Å². The van der Waals surface area contributed by atoms with Crippen LogP contribution >= 0.6 is 11.8 Å². The van der Waals surface area contributed by atoms with Gasteiger partial charge in [-0.15, -0.1) is 11.8 Å². The average molecular weight is 314 g/mol. The third kappa shape index (κ3) is 2.20. The monoisotopic (exact) mass is 314 g/mol. The molecule has 0 saturated carbocycles. The number of β-amino-alcohol motifs (C(OH)–C–C–N with tert-alkyl or cyclic N) is 1. The van der Waals surface area contributed by atoms with Crippen LogP contribution in [0, 0.1) is 0 Å². The highest BCUT2D eigenvalue weighted by Gasteiger charge is 2.55. The van der Waals surface area contributed by atoms with Crippen molar-refractivity contribution in [3.63, 3.8) is 0 Å². The first-order valence-electron chi connectivity index (χ1n) is 7.01. The summed E-state index contributed by atoms with van der Waals surface area (Å²) >= 11 is 1.57. The van der Waals surface area contributed by atoms with Gasteiger partial charge in [-0.2, -0.15) is 0 Å². The summed E-state index contributed by atoms with van der Waals surface area (Å²) in [6, 6.07) is -1.61. The van der Waals surface area contributed by atoms with Crippen LogP contribution in [0.1, 0.15) is 26.2 Å². The van der Waals surface area contributed by atoms with Crippen LogP contribution in [0.25, 0.3) is 0 Å². The van der Waals surface area contributed by atoms with Crippen molar-refractivity contribution < 1.29 is 24.6 Å². The van der Waals surface area contributed by atoms with Gasteiger partial charge in [-0.05, 0) is 13.3 Å². The number of fused-ring (bicyclic) bond motifs is 1. The van der Waals surface area contributed by atoms with E-state index in [1.165, 1.54) is 4.90 Å². The lowest BCUT2D eigenvalue weighted by molar-refractivity contribution is -0.151. The highest BCUT2D eigenvalue weighted by molar-refractivity contribution is 8.01. The molecule has 0 radical (unpaired) electrons. The van der Waals surface area contributed by atoms with Crippen LogP contribution in [0.2, 0.25) is 0 Å². The number of thioether (sulfide) groups is 1. The maximum absolute atomic E-state index is 12.7. The van der Waals surface area contributed by atoms with Crippen LogP contribution in [0.5, 0.6) is 0 Å². The maximum Gasteiger partial charge on any atom is 0.326 e. The van der Waals surface area contributed by atoms with Gasteiger partial charge in [-0.25, -0.2) is 4.79 Å². The van der Waals surface area contributed by atoms with Crippen molar-refractivity contribution in [2.45, 2.75) is 49.2 Å². The summed E-state index contributed by atoms with van der Waals surface area (Å²) in [6.07, 6.45) is 0.375. The number of aliphatic hydroxyl groups is 1. The molecule has 2 unspecified atom stereocenters. The molecular weight excluding hydrogens is 296 g/mol. The van der Waals surface area contributed by atoms with Crippen LogP contribution in [-0.4, -0.2) is 73.2 Å². The Kier molecular flexibility index (Phi) is 3.40. The summed E-state index contributed by atoms with van der Waals surface area (Å²) in [5.41, 5.74) is 0. The first kappa shape index (κ1) is 14.6. The minimum atomic E-state index is -1.11. The van der Waals surface area contributed by atoms with Crippen molar-refractivity contribution in [3.05, 3.63) is 0 Å². The predicted molar refractivity (Wildman–Crippen MR) is 74.5 cm³/mol. The highest BCUT2D eigenvalue weighted by Crippen LogP contribution is 2.47. The molecule has 3 heterocycles. The standard InChI is InChI=1S/C13H18N2O5S/c1-13-3-2-10(17)15(13)9(6-21-13)11(18)14-5-7(16)4-8(14)12(19)20/h7-9,16H,2-6H2,1H3,(H,19,20)/t7-,8+,9?,13?/m1/s1. The molecule has 0 aliphatic carbocycles. The van der Waals surface area contributed by atoms with Crippen LogP contribution in [0.15, 0.2) is 0 Å². The number of aliphatic hydroxyl groups excluding tert-OH is 1. The fraction of sp³-hybridized carbons (Fsp3) is 0.769. The fourth-order valence-electron chi connectivity index (χ4n) is 3.49. The van der Waals surface area contributed by atoms with E-state index in [-0.39, 0.29) is 29.7 Å². The molecule has 3 rings (SSSR count). The van der Waals surface area contributed by atoms with E-state index in [2.05, 4.69) is 0 Å². The molecule has 7 nitrogen and oxygen atoms in total. The van der Waals surface area contributed by atoms with Gasteiger partial charge >= 0.3 is 5.97 Å². The second-order valence-electron chi connectivity index (χ2n) is 6.00. The van der Waals surface area contributed by atoms with E-state index in [0.717, 1.165) is 0 Å². The summed E-state index contributed by atoms with van der Waals surface area (Å²) in [6.45, 7) is 1.97. The Hall–Kier alpha value is -1.28. The van der Waals surface area contributed by atoms with Gasteiger partial charge in [-0.1, -0.05) is 0 Å². The third-order valence-corrected chi connectivity index (χ3v) is 6.08. The predicted octanol–water partition coefficient (Wildman–Crippen LogP) is -0.513. The summed E-state index contributed by atoms with van der Waals surface area (Å²) in [5, 5.41) is 18.9. The number of hydrogen-bond acceptors (Lipinski definition) is 5. The lowest BCUT2D eigenvalue weighted by Gasteiger charge is -2.32. The third-order valence-electron chi connectivity index (χ3n) is 4.58. The van der Waals surface area contributed by atoms with Crippen molar-refractivity contribution in [3.8, 4) is 0 Å². The van der Waals surface area contributed by atoms with Gasteiger partial charge < -0.3 is 20.0 Å². The number of carboxylic acid groups (broad SMARTS) is 1. The molecule has 4 atom stereocenters. The number of nitrogens with zero attached hydrogens (tertiary/aromatic N) is 2. The second-order valence-corrected chi connectivity index (χ2v) is 7.50. The van der Waals surface area contributed by atoms with Crippen molar-refractivity contribution in [2.24, 2.45) is 0 Å². The van der Waals surface area contributed by atoms with E-state index < -0.39 is 24.2 Å². The average Bonchev–Trinajstić information content (AvgIpc) is 3.04. The van der Waals surface area contributed by atoms with Crippen LogP contribution < -0.4 is 0 Å². The van der Waals surface area contributed by atoms with Crippen molar-refractivity contribution in [1.82, 2.24) is 9.80 Å². The number of likely N-dealkylation sites (tertiary alicyclic amines) is 1. The Morgan fingerprint density at radius 1 is 1.38 bits per heavy atom. The van der Waals surface area contributed by atoms with E-state index in [1.807, 2.05) is 6.92 Å². The SMILES string of the molecule is CC12CCC(=O)N1C(C(=O)N1C[C@H](O)C[C@H]1C(=O)O)CS2. The largest absolute Gasteiger partial charge is 0.480 e. The lowest BCUT2D eigenvalue weighted by Crippen LogP contribution is -2.53. The number of amides is 2. The normalized spacial score (nSPS) is 39.0. The molecule has 116 valence electrons. The molecule has 2 N–H and O–H groups in total. The van der Waals surface area contributed by atoms with Gasteiger partial charge in [0.15, 0.2) is 0 Å². The van der Waals surface area contributed by atoms with Gasteiger partial charge in [0.1, 0.15) is 12.1 Å². The molecular formula is C13H18N2O5S. The molecule has 8 heteroatoms. The summed E-state index contributed by atoms with van der Waals surface area (Å²) in [7, 11) is 0. The zero-order valence-electron chi connectivity index (χ0n) is 11.7. The molecule has 0 aromatic carbocycles. The molecule has 3 fully saturated rings. The fourth-order valence-corrected chi connectivity index (χ4v) is 4.91. The molecule has 3 aliphatic rings. The van der Waals surface area contributed by atoms with E-state index >= 15 is 0 Å². The molecule has 0 spiro atoms. The first-order valence-corrected chi connectivity index (χ1v) is 7.99. The number of carbonyl (C=O) groups is 3. The van der Waals surface area contributed by atoms with Gasteiger partial charge in [0.05, 0.1) is 11.0 Å². The summed E-state index contributed by atoms with van der Waals surface area (Å²) in [5.74, 6) is -1.03. The van der Waals surface area contributed by atoms with Crippen LogP contribution in [0.3, 0.4) is 0 Å². The minimum absolute atomic E-state index is 0.0235. The van der Waals surface area contributed by atoms with Gasteiger partial charge in [0, 0.05) is 25.1 Å².